The van der Waals surface area contributed by atoms with Gasteiger partial charge in [-0.1, -0.05) is 23.7 Å². The van der Waals surface area contributed by atoms with Gasteiger partial charge >= 0.3 is 5.97 Å². The van der Waals surface area contributed by atoms with Gasteiger partial charge in [0.2, 0.25) is 11.8 Å². The molecular formula is C29H32ClF2N3O5. The third-order valence-electron chi connectivity index (χ3n) is 7.60. The summed E-state index contributed by atoms with van der Waals surface area (Å²) in [5.41, 5.74) is 1.71. The van der Waals surface area contributed by atoms with Crippen molar-refractivity contribution in [2.24, 2.45) is 5.92 Å². The molecule has 2 aromatic rings. The second-order valence-electron chi connectivity index (χ2n) is 10.4. The van der Waals surface area contributed by atoms with Crippen molar-refractivity contribution >= 4 is 34.9 Å². The molecule has 11 heteroatoms. The maximum Gasteiger partial charge on any atom is 0.308 e. The fraction of sp³-hybridized carbons (Fsp3) is 0.448. The van der Waals surface area contributed by atoms with Crippen molar-refractivity contribution in [3.05, 3.63) is 64.9 Å². The summed E-state index contributed by atoms with van der Waals surface area (Å²) < 4.78 is 44.9. The van der Waals surface area contributed by atoms with E-state index in [4.69, 9.17) is 25.8 Å². The molecule has 0 bridgehead atoms. The monoisotopic (exact) mass is 575 g/mol. The predicted molar refractivity (Wildman–Crippen MR) is 146 cm³/mol. The summed E-state index contributed by atoms with van der Waals surface area (Å²) >= 11 is 6.48. The molecule has 0 unspecified atom stereocenters. The van der Waals surface area contributed by atoms with E-state index in [0.717, 1.165) is 12.8 Å². The molecule has 0 spiro atoms. The molecule has 214 valence electrons. The number of benzene rings is 2. The number of para-hydroxylation sites is 1. The quantitative estimate of drug-likeness (QED) is 0.406. The summed E-state index contributed by atoms with van der Waals surface area (Å²) in [6.45, 7) is 0.294. The van der Waals surface area contributed by atoms with Gasteiger partial charge in [0.05, 0.1) is 67.3 Å². The molecule has 2 fully saturated rings. The van der Waals surface area contributed by atoms with Crippen LogP contribution < -0.4 is 15.4 Å². The highest BCUT2D eigenvalue weighted by Gasteiger charge is 2.36. The van der Waals surface area contributed by atoms with Crippen molar-refractivity contribution in [2.75, 3.05) is 30.9 Å². The molecule has 1 saturated heterocycles. The minimum Gasteiger partial charge on any atom is -0.469 e. The van der Waals surface area contributed by atoms with Gasteiger partial charge < -0.3 is 29.7 Å². The van der Waals surface area contributed by atoms with Crippen molar-refractivity contribution in [1.29, 1.82) is 0 Å². The number of carbonyl (C=O) groups excluding carboxylic acids is 2. The van der Waals surface area contributed by atoms with Crippen molar-refractivity contribution in [2.45, 2.75) is 56.8 Å². The number of likely N-dealkylation sites (tertiary alicyclic amines) is 1. The van der Waals surface area contributed by atoms with Crippen molar-refractivity contribution in [1.82, 2.24) is 4.90 Å². The number of hydrogen-bond donors (Lipinski definition) is 2. The van der Waals surface area contributed by atoms with Crippen LogP contribution in [-0.4, -0.2) is 55.4 Å². The third-order valence-corrected chi connectivity index (χ3v) is 7.91. The average molecular weight is 576 g/mol. The zero-order valence-electron chi connectivity index (χ0n) is 22.1. The van der Waals surface area contributed by atoms with Gasteiger partial charge in [-0.05, 0) is 55.5 Å². The fourth-order valence-electron chi connectivity index (χ4n) is 5.45. The first-order valence-electron chi connectivity index (χ1n) is 13.4. The molecular weight excluding hydrogens is 544 g/mol. The topological polar surface area (TPSA) is 89.1 Å². The lowest BCUT2D eigenvalue weighted by Gasteiger charge is -2.30. The van der Waals surface area contributed by atoms with E-state index in [1.165, 1.54) is 13.2 Å². The molecule has 5 rings (SSSR count). The lowest BCUT2D eigenvalue weighted by Crippen LogP contribution is -2.40. The van der Waals surface area contributed by atoms with Crippen LogP contribution in [0.1, 0.15) is 37.7 Å². The van der Waals surface area contributed by atoms with Crippen LogP contribution >= 0.6 is 11.6 Å². The number of methoxy groups -OCH3 is 1. The zero-order chi connectivity index (χ0) is 28.2. The Morgan fingerprint density at radius 3 is 2.75 bits per heavy atom. The fourth-order valence-corrected chi connectivity index (χ4v) is 5.70. The molecule has 0 aromatic heterocycles. The number of alkyl halides is 1. The highest BCUT2D eigenvalue weighted by Crippen LogP contribution is 2.34. The molecule has 2 aromatic carbocycles. The molecule has 40 heavy (non-hydrogen) atoms. The number of amides is 1. The number of anilines is 2. The van der Waals surface area contributed by atoms with Gasteiger partial charge in [0.15, 0.2) is 11.6 Å². The molecule has 2 aliphatic heterocycles. The van der Waals surface area contributed by atoms with Crippen LogP contribution in [0.15, 0.2) is 48.5 Å². The number of fused-ring (bicyclic) bond motifs is 1. The number of carbonyl (C=O) groups is 2. The first-order valence-corrected chi connectivity index (χ1v) is 13.8. The normalized spacial score (nSPS) is 23.9. The van der Waals surface area contributed by atoms with Gasteiger partial charge in [0.25, 0.3) is 0 Å². The minimum atomic E-state index is -1.10. The summed E-state index contributed by atoms with van der Waals surface area (Å²) in [6, 6.07) is 9.38. The van der Waals surface area contributed by atoms with Gasteiger partial charge in [-0.15, -0.1) is 0 Å². The second kappa shape index (κ2) is 12.4. The van der Waals surface area contributed by atoms with E-state index in [9.17, 15) is 18.4 Å². The molecule has 1 amide bonds. The first kappa shape index (κ1) is 28.2. The van der Waals surface area contributed by atoms with Crippen LogP contribution in [0.5, 0.6) is 5.75 Å². The molecule has 0 radical (unpaired) electrons. The Morgan fingerprint density at radius 2 is 2.00 bits per heavy atom. The Bertz CT molecular complexity index is 1280. The SMILES string of the molecule is COC(=O)C1CCC(OC[C@@H]2C[C@H](F)CN2C(=O)Cc2ccc(NC3=CNc4cccc(F)c4O3)c(Cl)c2)CC1. The van der Waals surface area contributed by atoms with Gasteiger partial charge in [0, 0.05) is 6.42 Å². The number of rotatable bonds is 8. The molecule has 2 atom stereocenters. The van der Waals surface area contributed by atoms with Crippen LogP contribution in [0.4, 0.5) is 20.2 Å². The summed E-state index contributed by atoms with van der Waals surface area (Å²) in [6.07, 6.45) is 3.61. The number of hydrogen-bond acceptors (Lipinski definition) is 7. The summed E-state index contributed by atoms with van der Waals surface area (Å²) in [5, 5.41) is 6.33. The Labute approximate surface area is 236 Å². The number of ether oxygens (including phenoxy) is 3. The van der Waals surface area contributed by atoms with E-state index in [-0.39, 0.29) is 67.6 Å². The van der Waals surface area contributed by atoms with Crippen molar-refractivity contribution in [3.63, 3.8) is 0 Å². The van der Waals surface area contributed by atoms with E-state index < -0.39 is 12.0 Å². The second-order valence-corrected chi connectivity index (χ2v) is 10.8. The van der Waals surface area contributed by atoms with Crippen LogP contribution in [0.25, 0.3) is 0 Å². The van der Waals surface area contributed by atoms with E-state index in [1.807, 2.05) is 0 Å². The minimum absolute atomic E-state index is 0.0150. The standard InChI is InChI=1S/C29H32ClF2N3O5/c1-38-29(37)18-6-8-21(9-7-18)39-16-20-13-19(31)15-35(20)27(36)12-17-5-10-24(22(30)11-17)34-26-14-33-25-4-2-3-23(32)28(25)40-26/h2-5,10-11,14,18-21,33-34H,6-9,12-13,15-16H2,1H3/t18?,19-,20-,21?/m0/s1. The predicted octanol–water partition coefficient (Wildman–Crippen LogP) is 5.42. The number of halogens is 3. The van der Waals surface area contributed by atoms with Crippen molar-refractivity contribution < 1.29 is 32.6 Å². The highest BCUT2D eigenvalue weighted by molar-refractivity contribution is 6.33. The van der Waals surface area contributed by atoms with E-state index in [2.05, 4.69) is 10.6 Å². The van der Waals surface area contributed by atoms with Gasteiger partial charge in [0.1, 0.15) is 6.17 Å². The lowest BCUT2D eigenvalue weighted by atomic mass is 9.87. The maximum absolute atomic E-state index is 14.3. The molecule has 8 nitrogen and oxygen atoms in total. The summed E-state index contributed by atoms with van der Waals surface area (Å²) in [5.74, 6) is -0.640. The van der Waals surface area contributed by atoms with Crippen molar-refractivity contribution in [3.8, 4) is 5.75 Å². The number of nitrogens with zero attached hydrogens (tertiary/aromatic N) is 1. The largest absolute Gasteiger partial charge is 0.469 e. The van der Waals surface area contributed by atoms with Crippen LogP contribution in [0.2, 0.25) is 5.02 Å². The molecule has 2 N–H and O–H groups in total. The Kier molecular flexibility index (Phi) is 8.75. The molecule has 1 saturated carbocycles. The Morgan fingerprint density at radius 1 is 1.20 bits per heavy atom. The molecule has 1 aliphatic carbocycles. The maximum atomic E-state index is 14.3. The lowest BCUT2D eigenvalue weighted by molar-refractivity contribution is -0.148. The van der Waals surface area contributed by atoms with Gasteiger partial charge in [-0.3, -0.25) is 9.59 Å². The van der Waals surface area contributed by atoms with E-state index in [1.54, 1.807) is 41.4 Å². The number of nitrogens with one attached hydrogen (secondary N) is 2. The van der Waals surface area contributed by atoms with Gasteiger partial charge in [-0.2, -0.15) is 0 Å². The number of esters is 1. The Balaban J connectivity index is 1.14. The van der Waals surface area contributed by atoms with Gasteiger partial charge in [-0.25, -0.2) is 8.78 Å². The van der Waals surface area contributed by atoms with E-state index in [0.29, 0.717) is 34.8 Å². The highest BCUT2D eigenvalue weighted by atomic mass is 35.5. The summed E-state index contributed by atoms with van der Waals surface area (Å²) in [7, 11) is 1.40. The smallest absolute Gasteiger partial charge is 0.308 e. The Hall–Kier alpha value is -3.37. The third kappa shape index (κ3) is 6.50. The summed E-state index contributed by atoms with van der Waals surface area (Å²) in [4.78, 5) is 26.5. The van der Waals surface area contributed by atoms with Crippen LogP contribution in [0, 0.1) is 11.7 Å². The average Bonchev–Trinajstić information content (AvgIpc) is 3.34. The first-order chi connectivity index (χ1) is 19.3. The molecule has 2 heterocycles. The zero-order valence-corrected chi connectivity index (χ0v) is 22.9. The molecule has 3 aliphatic rings. The van der Waals surface area contributed by atoms with Crippen LogP contribution in [-0.2, 0) is 25.5 Å². The van der Waals surface area contributed by atoms with Crippen LogP contribution in [0.3, 0.4) is 0 Å². The van der Waals surface area contributed by atoms with E-state index >= 15 is 0 Å².